The molecule has 0 saturated heterocycles. The Morgan fingerprint density at radius 3 is 2.72 bits per heavy atom. The van der Waals surface area contributed by atoms with Crippen molar-refractivity contribution < 1.29 is 14.0 Å². The summed E-state index contributed by atoms with van der Waals surface area (Å²) < 4.78 is 12.9. The zero-order chi connectivity index (χ0) is 17.5. The van der Waals surface area contributed by atoms with Gasteiger partial charge >= 0.3 is 0 Å². The maximum absolute atomic E-state index is 12.9. The van der Waals surface area contributed by atoms with E-state index < -0.39 is 0 Å². The summed E-state index contributed by atoms with van der Waals surface area (Å²) in [6.07, 6.45) is 1.04. The molecule has 0 spiro atoms. The molecule has 2 aromatic carbocycles. The maximum Gasteiger partial charge on any atom is 0.296 e. The minimum atomic E-state index is -0.348. The second kappa shape index (κ2) is 8.11. The van der Waals surface area contributed by atoms with Gasteiger partial charge < -0.3 is 10.2 Å². The zero-order valence-electron chi connectivity index (χ0n) is 13.5. The summed E-state index contributed by atoms with van der Waals surface area (Å²) in [6.45, 7) is 0.346. The van der Waals surface area contributed by atoms with Gasteiger partial charge in [-0.2, -0.15) is 0 Å². The first-order valence-electron chi connectivity index (χ1n) is 8.00. The maximum atomic E-state index is 12.9. The molecule has 0 radical (unpaired) electrons. The molecule has 1 aliphatic heterocycles. The minimum Gasteiger partial charge on any atom is -0.390 e. The highest BCUT2D eigenvalue weighted by molar-refractivity contribution is 5.94. The molecule has 5 heteroatoms. The Balaban J connectivity index is 1.42. The van der Waals surface area contributed by atoms with Gasteiger partial charge in [-0.05, 0) is 29.8 Å². The van der Waals surface area contributed by atoms with E-state index in [-0.39, 0.29) is 17.8 Å². The van der Waals surface area contributed by atoms with E-state index in [1.54, 1.807) is 12.1 Å². The number of carbonyl (C=O) groups excluding carboxylic acids is 1. The molecule has 0 saturated carbocycles. The average molecular weight is 336 g/mol. The van der Waals surface area contributed by atoms with E-state index in [1.165, 1.54) is 12.1 Å². The Morgan fingerprint density at radius 2 is 1.96 bits per heavy atom. The molecule has 0 aliphatic carbocycles. The largest absolute Gasteiger partial charge is 0.390 e. The third-order valence-electron chi connectivity index (χ3n) is 3.70. The lowest BCUT2D eigenvalue weighted by Gasteiger charge is -2.07. The van der Waals surface area contributed by atoms with Gasteiger partial charge in [0.25, 0.3) is 5.91 Å². The second-order valence-electron chi connectivity index (χ2n) is 5.72. The first-order chi connectivity index (χ1) is 12.2. The number of halogens is 1. The van der Waals surface area contributed by atoms with Crippen LogP contribution in [0.2, 0.25) is 0 Å². The Morgan fingerprint density at radius 1 is 1.20 bits per heavy atom. The van der Waals surface area contributed by atoms with E-state index in [1.807, 2.05) is 30.3 Å². The molecule has 1 N–H and O–H groups in total. The van der Waals surface area contributed by atoms with Gasteiger partial charge in [0.2, 0.25) is 0 Å². The summed E-state index contributed by atoms with van der Waals surface area (Å²) in [6, 6.07) is 15.6. The number of oxime groups is 1. The number of benzene rings is 2. The summed E-state index contributed by atoms with van der Waals surface area (Å²) in [4.78, 5) is 17.1. The van der Waals surface area contributed by atoms with Gasteiger partial charge in [0.15, 0.2) is 0 Å². The fraction of sp³-hybridized carbons (Fsp3) is 0.200. The molecule has 25 heavy (non-hydrogen) atoms. The molecular weight excluding hydrogens is 319 g/mol. The van der Waals surface area contributed by atoms with Crippen LogP contribution in [-0.4, -0.2) is 24.3 Å². The predicted molar refractivity (Wildman–Crippen MR) is 93.4 cm³/mol. The van der Waals surface area contributed by atoms with Crippen LogP contribution in [0.5, 0.6) is 0 Å². The molecule has 1 atom stereocenters. The molecular formula is C20H17FN2O2. The summed E-state index contributed by atoms with van der Waals surface area (Å²) >= 11 is 0. The monoisotopic (exact) mass is 336 g/mol. The molecule has 0 bridgehead atoms. The van der Waals surface area contributed by atoms with Crippen LogP contribution in [0, 0.1) is 17.7 Å². The highest BCUT2D eigenvalue weighted by atomic mass is 19.1. The fourth-order valence-corrected chi connectivity index (χ4v) is 2.44. The lowest BCUT2D eigenvalue weighted by atomic mass is 10.0. The van der Waals surface area contributed by atoms with Gasteiger partial charge in [0, 0.05) is 24.3 Å². The number of hydrogen-bond acceptors (Lipinski definition) is 3. The van der Waals surface area contributed by atoms with Crippen molar-refractivity contribution in [1.82, 2.24) is 5.32 Å². The topological polar surface area (TPSA) is 50.7 Å². The Labute approximate surface area is 145 Å². The first-order valence-corrected chi connectivity index (χ1v) is 8.00. The molecule has 1 aliphatic rings. The van der Waals surface area contributed by atoms with Gasteiger partial charge in [-0.15, -0.1) is 0 Å². The van der Waals surface area contributed by atoms with Gasteiger partial charge in [0.1, 0.15) is 11.9 Å². The molecule has 126 valence electrons. The van der Waals surface area contributed by atoms with E-state index in [0.29, 0.717) is 19.4 Å². The number of nitrogens with zero attached hydrogens (tertiary/aromatic N) is 1. The normalized spacial score (nSPS) is 15.6. The Kier molecular flexibility index (Phi) is 5.43. The summed E-state index contributed by atoms with van der Waals surface area (Å²) in [7, 11) is 0. The number of hydrogen-bond donors (Lipinski definition) is 1. The lowest BCUT2D eigenvalue weighted by Crippen LogP contribution is -2.31. The van der Waals surface area contributed by atoms with Gasteiger partial charge in [-0.25, -0.2) is 4.39 Å². The van der Waals surface area contributed by atoms with Crippen molar-refractivity contribution in [1.29, 1.82) is 0 Å². The molecule has 4 nitrogen and oxygen atoms in total. The van der Waals surface area contributed by atoms with Crippen LogP contribution in [0.15, 0.2) is 59.8 Å². The Hall–Kier alpha value is -3.13. The number of nitrogens with one attached hydrogen (secondary N) is 1. The van der Waals surface area contributed by atoms with Gasteiger partial charge in [0.05, 0.1) is 12.3 Å². The van der Waals surface area contributed by atoms with E-state index in [9.17, 15) is 9.18 Å². The molecule has 0 fully saturated rings. The highest BCUT2D eigenvalue weighted by Crippen LogP contribution is 2.14. The average Bonchev–Trinajstić information content (AvgIpc) is 3.08. The van der Waals surface area contributed by atoms with Crippen molar-refractivity contribution >= 4 is 11.6 Å². The minimum absolute atomic E-state index is 0.196. The van der Waals surface area contributed by atoms with Crippen LogP contribution in [0.1, 0.15) is 17.5 Å². The van der Waals surface area contributed by atoms with Crippen LogP contribution < -0.4 is 5.32 Å². The summed E-state index contributed by atoms with van der Waals surface area (Å²) in [5, 5.41) is 6.77. The molecule has 0 aromatic heterocycles. The number of rotatable bonds is 4. The Bertz CT molecular complexity index is 820. The zero-order valence-corrected chi connectivity index (χ0v) is 13.5. The van der Waals surface area contributed by atoms with Crippen molar-refractivity contribution in [2.45, 2.75) is 18.9 Å². The van der Waals surface area contributed by atoms with Crippen LogP contribution in [0.25, 0.3) is 0 Å². The standard InChI is InChI=1S/C20H17FN2O2/c21-17-9-6-16(7-10-17)12-18-13-19(25-23-18)14-22-20(24)11-8-15-4-2-1-3-5-15/h1-7,9-10,19H,12-14H2,(H,22,24). The highest BCUT2D eigenvalue weighted by Gasteiger charge is 2.21. The van der Waals surface area contributed by atoms with Crippen molar-refractivity contribution in [3.63, 3.8) is 0 Å². The third-order valence-corrected chi connectivity index (χ3v) is 3.70. The van der Waals surface area contributed by atoms with E-state index in [2.05, 4.69) is 22.3 Å². The van der Waals surface area contributed by atoms with Crippen LogP contribution in [0.4, 0.5) is 4.39 Å². The van der Waals surface area contributed by atoms with E-state index in [4.69, 9.17) is 4.84 Å². The molecule has 2 aromatic rings. The molecule has 3 rings (SSSR count). The van der Waals surface area contributed by atoms with Crippen molar-refractivity contribution in [3.8, 4) is 11.8 Å². The second-order valence-corrected chi connectivity index (χ2v) is 5.72. The van der Waals surface area contributed by atoms with Crippen molar-refractivity contribution in [2.24, 2.45) is 5.16 Å². The SMILES string of the molecule is O=C(C#Cc1ccccc1)NCC1CC(Cc2ccc(F)cc2)=NO1. The molecule has 1 amide bonds. The quantitative estimate of drug-likeness (QED) is 0.873. The van der Waals surface area contributed by atoms with Crippen molar-refractivity contribution in [2.75, 3.05) is 6.54 Å². The van der Waals surface area contributed by atoms with Crippen molar-refractivity contribution in [3.05, 3.63) is 71.5 Å². The third kappa shape index (κ3) is 5.18. The van der Waals surface area contributed by atoms with Crippen LogP contribution in [-0.2, 0) is 16.1 Å². The summed E-state index contributed by atoms with van der Waals surface area (Å²) in [5.74, 6) is 4.75. The predicted octanol–water partition coefficient (Wildman–Crippen LogP) is 2.68. The molecule has 1 unspecified atom stereocenters. The van der Waals surface area contributed by atoms with Crippen LogP contribution >= 0.6 is 0 Å². The van der Waals surface area contributed by atoms with E-state index in [0.717, 1.165) is 16.8 Å². The smallest absolute Gasteiger partial charge is 0.296 e. The lowest BCUT2D eigenvalue weighted by molar-refractivity contribution is -0.116. The van der Waals surface area contributed by atoms with Crippen LogP contribution in [0.3, 0.4) is 0 Å². The fourth-order valence-electron chi connectivity index (χ4n) is 2.44. The van der Waals surface area contributed by atoms with E-state index >= 15 is 0 Å². The number of carbonyl (C=O) groups is 1. The summed E-state index contributed by atoms with van der Waals surface area (Å²) in [5.41, 5.74) is 2.64. The first kappa shape index (κ1) is 16.7. The van der Waals surface area contributed by atoms with Gasteiger partial charge in [-0.3, -0.25) is 4.79 Å². The molecule has 1 heterocycles. The van der Waals surface area contributed by atoms with Gasteiger partial charge in [-0.1, -0.05) is 41.4 Å². The number of amides is 1.